The van der Waals surface area contributed by atoms with Crippen LogP contribution in [-0.2, 0) is 4.74 Å². The van der Waals surface area contributed by atoms with Gasteiger partial charge >= 0.3 is 0 Å². The van der Waals surface area contributed by atoms with E-state index in [0.717, 1.165) is 5.56 Å². The molecule has 0 aliphatic carbocycles. The molecule has 0 spiro atoms. The first-order valence-corrected chi connectivity index (χ1v) is 9.43. The molecule has 0 saturated carbocycles. The van der Waals surface area contributed by atoms with Crippen molar-refractivity contribution in [2.24, 2.45) is 0 Å². The summed E-state index contributed by atoms with van der Waals surface area (Å²) in [6, 6.07) is 15.1. The standard InChI is InChI=1S/C21H20N4O5/c1-29-18-4-2-3-15(13-18)19-14-20(21(26)23-9-11-30-12-10-23)24(22-19)16-5-7-17(8-6-16)25(27)28/h2-8,13-14H,9-12H2,1H3. The third kappa shape index (κ3) is 3.87. The summed E-state index contributed by atoms with van der Waals surface area (Å²) >= 11 is 0. The monoisotopic (exact) mass is 408 g/mol. The van der Waals surface area contributed by atoms with E-state index >= 15 is 0 Å². The second kappa shape index (κ2) is 8.34. The van der Waals surface area contributed by atoms with Crippen molar-refractivity contribution in [3.8, 4) is 22.7 Å². The molecule has 0 unspecified atom stereocenters. The lowest BCUT2D eigenvalue weighted by atomic mass is 10.1. The molecule has 9 nitrogen and oxygen atoms in total. The summed E-state index contributed by atoms with van der Waals surface area (Å²) in [5, 5.41) is 15.6. The summed E-state index contributed by atoms with van der Waals surface area (Å²) in [4.78, 5) is 25.4. The fourth-order valence-electron chi connectivity index (χ4n) is 3.30. The van der Waals surface area contributed by atoms with Crippen molar-refractivity contribution in [2.45, 2.75) is 0 Å². The van der Waals surface area contributed by atoms with Gasteiger partial charge in [0.05, 0.1) is 36.6 Å². The van der Waals surface area contributed by atoms with E-state index in [-0.39, 0.29) is 11.6 Å². The van der Waals surface area contributed by atoms with Gasteiger partial charge in [-0.2, -0.15) is 5.10 Å². The first-order valence-electron chi connectivity index (χ1n) is 9.43. The van der Waals surface area contributed by atoms with Crippen molar-refractivity contribution < 1.29 is 19.2 Å². The van der Waals surface area contributed by atoms with E-state index in [9.17, 15) is 14.9 Å². The number of nitrogens with zero attached hydrogens (tertiary/aromatic N) is 4. The van der Waals surface area contributed by atoms with E-state index in [2.05, 4.69) is 5.10 Å². The molecule has 4 rings (SSSR count). The molecule has 1 amide bonds. The zero-order valence-electron chi connectivity index (χ0n) is 16.4. The molecule has 3 aromatic rings. The number of hydrogen-bond acceptors (Lipinski definition) is 6. The van der Waals surface area contributed by atoms with E-state index in [4.69, 9.17) is 9.47 Å². The molecule has 9 heteroatoms. The molecule has 1 aromatic heterocycles. The highest BCUT2D eigenvalue weighted by molar-refractivity contribution is 5.94. The minimum Gasteiger partial charge on any atom is -0.497 e. The number of aromatic nitrogens is 2. The van der Waals surface area contributed by atoms with Gasteiger partial charge in [0.2, 0.25) is 0 Å². The Morgan fingerprint density at radius 3 is 2.53 bits per heavy atom. The van der Waals surface area contributed by atoms with E-state index in [1.165, 1.54) is 16.8 Å². The Kier molecular flexibility index (Phi) is 5.44. The Morgan fingerprint density at radius 1 is 1.13 bits per heavy atom. The topological polar surface area (TPSA) is 99.7 Å². The number of methoxy groups -OCH3 is 1. The van der Waals surface area contributed by atoms with Crippen LogP contribution >= 0.6 is 0 Å². The second-order valence-corrected chi connectivity index (χ2v) is 6.74. The number of nitro benzene ring substituents is 1. The highest BCUT2D eigenvalue weighted by Crippen LogP contribution is 2.26. The Bertz CT molecular complexity index is 1070. The van der Waals surface area contributed by atoms with E-state index < -0.39 is 4.92 Å². The van der Waals surface area contributed by atoms with Gasteiger partial charge in [-0.3, -0.25) is 14.9 Å². The van der Waals surface area contributed by atoms with Crippen LogP contribution in [0.5, 0.6) is 5.75 Å². The maximum Gasteiger partial charge on any atom is 0.272 e. The molecule has 0 bridgehead atoms. The molecule has 154 valence electrons. The number of rotatable bonds is 5. The molecule has 0 atom stereocenters. The highest BCUT2D eigenvalue weighted by Gasteiger charge is 2.24. The number of ether oxygens (including phenoxy) is 2. The lowest BCUT2D eigenvalue weighted by Gasteiger charge is -2.26. The lowest BCUT2D eigenvalue weighted by molar-refractivity contribution is -0.384. The SMILES string of the molecule is COc1cccc(-c2cc(C(=O)N3CCOCC3)n(-c3ccc([N+](=O)[O-])cc3)n2)c1. The summed E-state index contributed by atoms with van der Waals surface area (Å²) < 4.78 is 12.2. The van der Waals surface area contributed by atoms with Crippen molar-refractivity contribution in [3.63, 3.8) is 0 Å². The zero-order valence-corrected chi connectivity index (χ0v) is 16.4. The third-order valence-corrected chi connectivity index (χ3v) is 4.90. The minimum atomic E-state index is -0.464. The van der Waals surface area contributed by atoms with Crippen LogP contribution in [0.25, 0.3) is 16.9 Å². The summed E-state index contributed by atoms with van der Waals surface area (Å²) in [5.41, 5.74) is 2.31. The first kappa shape index (κ1) is 19.6. The van der Waals surface area contributed by atoms with Gasteiger partial charge < -0.3 is 14.4 Å². The van der Waals surface area contributed by atoms with Crippen LogP contribution in [0.2, 0.25) is 0 Å². The number of hydrogen-bond donors (Lipinski definition) is 0. The first-order chi connectivity index (χ1) is 14.6. The van der Waals surface area contributed by atoms with Gasteiger partial charge in [0, 0.05) is 30.8 Å². The average Bonchev–Trinajstić information content (AvgIpc) is 3.25. The number of morpholine rings is 1. The number of carbonyl (C=O) groups excluding carboxylic acids is 1. The Hall–Kier alpha value is -3.72. The van der Waals surface area contributed by atoms with Gasteiger partial charge in [0.1, 0.15) is 11.4 Å². The molecule has 2 aromatic carbocycles. The summed E-state index contributed by atoms with van der Waals surface area (Å²) in [5.74, 6) is 0.511. The van der Waals surface area contributed by atoms with Crippen LogP contribution in [0, 0.1) is 10.1 Å². The van der Waals surface area contributed by atoms with Crippen LogP contribution in [0.3, 0.4) is 0 Å². The van der Waals surface area contributed by atoms with Crippen LogP contribution < -0.4 is 4.74 Å². The van der Waals surface area contributed by atoms with Crippen molar-refractivity contribution >= 4 is 11.6 Å². The number of non-ortho nitro benzene ring substituents is 1. The smallest absolute Gasteiger partial charge is 0.272 e. The number of nitro groups is 1. The van der Waals surface area contributed by atoms with Gasteiger partial charge in [0.15, 0.2) is 0 Å². The van der Waals surface area contributed by atoms with Gasteiger partial charge in [-0.15, -0.1) is 0 Å². The van der Waals surface area contributed by atoms with E-state index in [1.807, 2.05) is 24.3 Å². The normalized spacial score (nSPS) is 13.8. The van der Waals surface area contributed by atoms with Crippen LogP contribution in [0.15, 0.2) is 54.6 Å². The molecule has 30 heavy (non-hydrogen) atoms. The van der Waals surface area contributed by atoms with Gasteiger partial charge in [-0.1, -0.05) is 12.1 Å². The molecule has 1 fully saturated rings. The molecular weight excluding hydrogens is 388 g/mol. The number of benzene rings is 2. The van der Waals surface area contributed by atoms with Crippen molar-refractivity contribution in [1.82, 2.24) is 14.7 Å². The van der Waals surface area contributed by atoms with Crippen molar-refractivity contribution in [3.05, 3.63) is 70.4 Å². The van der Waals surface area contributed by atoms with E-state index in [0.29, 0.717) is 49.1 Å². The average molecular weight is 408 g/mol. The van der Waals surface area contributed by atoms with E-state index in [1.54, 1.807) is 30.2 Å². The molecule has 1 aliphatic heterocycles. The van der Waals surface area contributed by atoms with Crippen molar-refractivity contribution in [2.75, 3.05) is 33.4 Å². The molecule has 2 heterocycles. The predicted octanol–water partition coefficient (Wildman–Crippen LogP) is 2.93. The second-order valence-electron chi connectivity index (χ2n) is 6.74. The van der Waals surface area contributed by atoms with Gasteiger partial charge in [-0.05, 0) is 30.3 Å². The Balaban J connectivity index is 1.78. The molecule has 0 N–H and O–H groups in total. The zero-order chi connectivity index (χ0) is 21.1. The van der Waals surface area contributed by atoms with Crippen molar-refractivity contribution in [1.29, 1.82) is 0 Å². The van der Waals surface area contributed by atoms with Crippen LogP contribution in [0.4, 0.5) is 5.69 Å². The molecular formula is C21H20N4O5. The summed E-state index contributed by atoms with van der Waals surface area (Å²) in [6.45, 7) is 1.97. The minimum absolute atomic E-state index is 0.0278. The molecule has 0 radical (unpaired) electrons. The largest absolute Gasteiger partial charge is 0.497 e. The van der Waals surface area contributed by atoms with Crippen LogP contribution in [-0.4, -0.2) is 58.9 Å². The fourth-order valence-corrected chi connectivity index (χ4v) is 3.30. The Morgan fingerprint density at radius 2 is 1.87 bits per heavy atom. The lowest BCUT2D eigenvalue weighted by Crippen LogP contribution is -2.41. The van der Waals surface area contributed by atoms with Gasteiger partial charge in [-0.25, -0.2) is 4.68 Å². The number of amides is 1. The molecule has 1 aliphatic rings. The van der Waals surface area contributed by atoms with Crippen LogP contribution in [0.1, 0.15) is 10.5 Å². The molecule has 1 saturated heterocycles. The summed E-state index contributed by atoms with van der Waals surface area (Å²) in [7, 11) is 1.59. The maximum atomic E-state index is 13.2. The highest BCUT2D eigenvalue weighted by atomic mass is 16.6. The predicted molar refractivity (Wildman–Crippen MR) is 109 cm³/mol. The summed E-state index contributed by atoms with van der Waals surface area (Å²) in [6.07, 6.45) is 0. The third-order valence-electron chi connectivity index (χ3n) is 4.90. The quantitative estimate of drug-likeness (QED) is 0.475. The number of carbonyl (C=O) groups is 1. The Labute approximate surface area is 172 Å². The fraction of sp³-hybridized carbons (Fsp3) is 0.238. The van der Waals surface area contributed by atoms with Gasteiger partial charge in [0.25, 0.3) is 11.6 Å². The maximum absolute atomic E-state index is 13.2.